The molecule has 0 spiro atoms. The first kappa shape index (κ1) is 12.9. The summed E-state index contributed by atoms with van der Waals surface area (Å²) in [5, 5.41) is 4.91. The molecule has 2 N–H and O–H groups in total. The van der Waals surface area contributed by atoms with Crippen LogP contribution in [0.15, 0.2) is 24.3 Å². The molecule has 0 atom stereocenters. The molecule has 15 heavy (non-hydrogen) atoms. The van der Waals surface area contributed by atoms with Crippen LogP contribution in [0.3, 0.4) is 0 Å². The lowest BCUT2D eigenvalue weighted by molar-refractivity contribution is 0.593. The van der Waals surface area contributed by atoms with Crippen molar-refractivity contribution in [2.75, 3.05) is 5.75 Å². The lowest BCUT2D eigenvalue weighted by Gasteiger charge is -2.01. The van der Waals surface area contributed by atoms with Gasteiger partial charge in [-0.15, -0.1) is 0 Å². The normalized spacial score (nSPS) is 11.6. The molecule has 0 radical (unpaired) electrons. The molecule has 0 unspecified atom stereocenters. The zero-order chi connectivity index (χ0) is 11.3. The van der Waals surface area contributed by atoms with E-state index < -0.39 is 10.0 Å². The van der Waals surface area contributed by atoms with Crippen LogP contribution in [-0.2, 0) is 16.4 Å². The molecular weight excluding hydrogens is 325 g/mol. The molecule has 3 nitrogen and oxygen atoms in total. The number of hydrogen-bond acceptors (Lipinski definition) is 2. The Morgan fingerprint density at radius 3 is 2.60 bits per heavy atom. The second kappa shape index (κ2) is 5.81. The average molecular weight is 339 g/mol. The molecule has 1 aromatic rings. The Morgan fingerprint density at radius 1 is 1.27 bits per heavy atom. The number of aryl methyl sites for hydroxylation is 1. The first-order valence-corrected chi connectivity index (χ1v) is 7.52. The number of sulfonamides is 1. The largest absolute Gasteiger partial charge is 0.229 e. The maximum absolute atomic E-state index is 10.7. The molecule has 0 aliphatic heterocycles. The summed E-state index contributed by atoms with van der Waals surface area (Å²) in [5.74, 6) is 0.0803. The van der Waals surface area contributed by atoms with E-state index in [-0.39, 0.29) is 5.75 Å². The highest BCUT2D eigenvalue weighted by molar-refractivity contribution is 14.1. The molecule has 84 valence electrons. The van der Waals surface area contributed by atoms with E-state index in [1.807, 2.05) is 12.1 Å². The lowest BCUT2D eigenvalue weighted by Crippen LogP contribution is -2.16. The zero-order valence-electron chi connectivity index (χ0n) is 8.32. The standard InChI is InChI=1S/C10H14INO2S/c11-10-6-3-5-9(8-10)4-1-2-7-15(12,13)14/h3,5-6,8H,1-2,4,7H2,(H2,12,13,14). The van der Waals surface area contributed by atoms with E-state index in [1.54, 1.807) is 0 Å². The molecule has 0 aliphatic rings. The van der Waals surface area contributed by atoms with Crippen molar-refractivity contribution in [3.63, 3.8) is 0 Å². The highest BCUT2D eigenvalue weighted by atomic mass is 127. The third-order valence-corrected chi connectivity index (χ3v) is 3.56. The summed E-state index contributed by atoms with van der Waals surface area (Å²) in [6.45, 7) is 0. The lowest BCUT2D eigenvalue weighted by atomic mass is 10.1. The van der Waals surface area contributed by atoms with Crippen LogP contribution in [-0.4, -0.2) is 14.2 Å². The molecule has 1 rings (SSSR count). The second-order valence-corrected chi connectivity index (χ2v) is 6.43. The van der Waals surface area contributed by atoms with Crippen LogP contribution in [0.2, 0.25) is 0 Å². The number of rotatable bonds is 5. The van der Waals surface area contributed by atoms with Crippen molar-refractivity contribution in [2.24, 2.45) is 5.14 Å². The predicted octanol–water partition coefficient (Wildman–Crippen LogP) is 1.90. The Kier molecular flexibility index (Phi) is 5.01. The number of nitrogens with two attached hydrogens (primary N) is 1. The predicted molar refractivity (Wildman–Crippen MR) is 70.1 cm³/mol. The van der Waals surface area contributed by atoms with Gasteiger partial charge in [0.05, 0.1) is 5.75 Å². The summed E-state index contributed by atoms with van der Waals surface area (Å²) in [6.07, 6.45) is 2.40. The Morgan fingerprint density at radius 2 is 2.00 bits per heavy atom. The van der Waals surface area contributed by atoms with E-state index in [1.165, 1.54) is 9.13 Å². The average Bonchev–Trinajstić information content (AvgIpc) is 2.11. The van der Waals surface area contributed by atoms with Crippen molar-refractivity contribution < 1.29 is 8.42 Å². The molecule has 0 amide bonds. The van der Waals surface area contributed by atoms with Gasteiger partial charge in [0.15, 0.2) is 0 Å². The quantitative estimate of drug-likeness (QED) is 0.658. The van der Waals surface area contributed by atoms with Gasteiger partial charge < -0.3 is 0 Å². The van der Waals surface area contributed by atoms with Crippen molar-refractivity contribution in [3.8, 4) is 0 Å². The molecule has 0 aliphatic carbocycles. The van der Waals surface area contributed by atoms with Gasteiger partial charge in [0.1, 0.15) is 0 Å². The monoisotopic (exact) mass is 339 g/mol. The number of unbranched alkanes of at least 4 members (excludes halogenated alkanes) is 1. The van der Waals surface area contributed by atoms with Crippen LogP contribution in [0.25, 0.3) is 0 Å². The topological polar surface area (TPSA) is 60.2 Å². The maximum atomic E-state index is 10.7. The SMILES string of the molecule is NS(=O)(=O)CCCCc1cccc(I)c1. The number of benzene rings is 1. The van der Waals surface area contributed by atoms with Crippen LogP contribution in [0, 0.1) is 3.57 Å². The van der Waals surface area contributed by atoms with E-state index in [0.29, 0.717) is 6.42 Å². The van der Waals surface area contributed by atoms with Gasteiger partial charge in [0.2, 0.25) is 10.0 Å². The van der Waals surface area contributed by atoms with E-state index >= 15 is 0 Å². The Balaban J connectivity index is 2.32. The van der Waals surface area contributed by atoms with Gasteiger partial charge in [-0.05, 0) is 59.5 Å². The third kappa shape index (κ3) is 6.11. The van der Waals surface area contributed by atoms with Gasteiger partial charge in [0, 0.05) is 3.57 Å². The Labute approximate surface area is 104 Å². The van der Waals surface area contributed by atoms with Crippen LogP contribution in [0.1, 0.15) is 18.4 Å². The van der Waals surface area contributed by atoms with Gasteiger partial charge in [-0.3, -0.25) is 0 Å². The molecule has 5 heteroatoms. The second-order valence-electron chi connectivity index (χ2n) is 3.45. The van der Waals surface area contributed by atoms with Crippen molar-refractivity contribution in [1.29, 1.82) is 0 Å². The van der Waals surface area contributed by atoms with Crippen LogP contribution >= 0.6 is 22.6 Å². The van der Waals surface area contributed by atoms with Crippen molar-refractivity contribution >= 4 is 32.6 Å². The number of hydrogen-bond donors (Lipinski definition) is 1. The van der Waals surface area contributed by atoms with Gasteiger partial charge >= 0.3 is 0 Å². The summed E-state index contributed by atoms with van der Waals surface area (Å²) < 4.78 is 22.6. The zero-order valence-corrected chi connectivity index (χ0v) is 11.3. The van der Waals surface area contributed by atoms with Crippen molar-refractivity contribution in [1.82, 2.24) is 0 Å². The maximum Gasteiger partial charge on any atom is 0.209 e. The molecule has 0 heterocycles. The van der Waals surface area contributed by atoms with Crippen LogP contribution < -0.4 is 5.14 Å². The number of primary sulfonamides is 1. The summed E-state index contributed by atoms with van der Waals surface area (Å²) in [5.41, 5.74) is 1.25. The first-order valence-electron chi connectivity index (χ1n) is 4.72. The summed E-state index contributed by atoms with van der Waals surface area (Å²) >= 11 is 2.26. The van der Waals surface area contributed by atoms with E-state index in [4.69, 9.17) is 5.14 Å². The minimum Gasteiger partial charge on any atom is -0.229 e. The smallest absolute Gasteiger partial charge is 0.209 e. The van der Waals surface area contributed by atoms with E-state index in [0.717, 1.165) is 12.8 Å². The molecule has 0 fully saturated rings. The highest BCUT2D eigenvalue weighted by Crippen LogP contribution is 2.10. The minimum atomic E-state index is -3.29. The molecule has 0 saturated heterocycles. The third-order valence-electron chi connectivity index (χ3n) is 2.03. The minimum absolute atomic E-state index is 0.0803. The van der Waals surface area contributed by atoms with E-state index in [2.05, 4.69) is 34.7 Å². The van der Waals surface area contributed by atoms with Gasteiger partial charge in [-0.25, -0.2) is 13.6 Å². The Hall–Kier alpha value is -0.140. The van der Waals surface area contributed by atoms with Crippen molar-refractivity contribution in [2.45, 2.75) is 19.3 Å². The number of halogens is 1. The molecular formula is C10H14INO2S. The van der Waals surface area contributed by atoms with Gasteiger partial charge in [-0.1, -0.05) is 12.1 Å². The van der Waals surface area contributed by atoms with Gasteiger partial charge in [-0.2, -0.15) is 0 Å². The fraction of sp³-hybridized carbons (Fsp3) is 0.400. The van der Waals surface area contributed by atoms with Gasteiger partial charge in [0.25, 0.3) is 0 Å². The fourth-order valence-corrected chi connectivity index (χ4v) is 2.54. The highest BCUT2D eigenvalue weighted by Gasteiger charge is 2.02. The summed E-state index contributed by atoms with van der Waals surface area (Å²) in [4.78, 5) is 0. The molecule has 0 bridgehead atoms. The Bertz CT molecular complexity index is 417. The van der Waals surface area contributed by atoms with Crippen molar-refractivity contribution in [3.05, 3.63) is 33.4 Å². The van der Waals surface area contributed by atoms with E-state index in [9.17, 15) is 8.42 Å². The summed E-state index contributed by atoms with van der Waals surface area (Å²) in [7, 11) is -3.29. The van der Waals surface area contributed by atoms with Crippen LogP contribution in [0.4, 0.5) is 0 Å². The summed E-state index contributed by atoms with van der Waals surface area (Å²) in [6, 6.07) is 8.21. The molecule has 1 aromatic carbocycles. The molecule has 0 aromatic heterocycles. The fourth-order valence-electron chi connectivity index (χ4n) is 1.32. The van der Waals surface area contributed by atoms with Crippen LogP contribution in [0.5, 0.6) is 0 Å². The molecule has 0 saturated carbocycles. The first-order chi connectivity index (χ1) is 6.97.